The SMILES string of the molecule is CN(C)CC#Cc1nc(N)c2nc(-c3cccc(F)c3)n(C)c2n1.Cl.Cl. The second-order valence-corrected chi connectivity index (χ2v) is 5.65. The molecule has 0 atom stereocenters. The topological polar surface area (TPSA) is 72.9 Å². The highest BCUT2D eigenvalue weighted by Gasteiger charge is 2.15. The molecule has 138 valence electrons. The van der Waals surface area contributed by atoms with Crippen molar-refractivity contribution in [2.24, 2.45) is 7.05 Å². The van der Waals surface area contributed by atoms with Gasteiger partial charge in [0, 0.05) is 12.6 Å². The number of imidazole rings is 1. The van der Waals surface area contributed by atoms with Crippen LogP contribution >= 0.6 is 24.8 Å². The zero-order valence-electron chi connectivity index (χ0n) is 14.5. The molecule has 3 aromatic rings. The highest BCUT2D eigenvalue weighted by atomic mass is 35.5. The molecule has 0 aliphatic carbocycles. The highest BCUT2D eigenvalue weighted by Crippen LogP contribution is 2.25. The minimum absolute atomic E-state index is 0. The van der Waals surface area contributed by atoms with Gasteiger partial charge in [-0.15, -0.1) is 24.8 Å². The molecule has 0 bridgehead atoms. The summed E-state index contributed by atoms with van der Waals surface area (Å²) in [7, 11) is 5.66. The fourth-order valence-electron chi connectivity index (χ4n) is 2.30. The molecule has 0 saturated carbocycles. The second-order valence-electron chi connectivity index (χ2n) is 5.65. The van der Waals surface area contributed by atoms with E-state index in [2.05, 4.69) is 26.8 Å². The van der Waals surface area contributed by atoms with Crippen LogP contribution in [0, 0.1) is 17.7 Å². The minimum Gasteiger partial charge on any atom is -0.382 e. The summed E-state index contributed by atoms with van der Waals surface area (Å²) >= 11 is 0. The Kier molecular flexibility index (Phi) is 7.33. The molecule has 1 aromatic carbocycles. The number of halogens is 3. The smallest absolute Gasteiger partial charge is 0.209 e. The largest absolute Gasteiger partial charge is 0.382 e. The molecule has 0 aliphatic heterocycles. The van der Waals surface area contributed by atoms with Crippen LogP contribution in [0.15, 0.2) is 24.3 Å². The Hall–Kier alpha value is -2.40. The summed E-state index contributed by atoms with van der Waals surface area (Å²) in [6.07, 6.45) is 0. The maximum atomic E-state index is 13.5. The molecule has 0 spiro atoms. The van der Waals surface area contributed by atoms with E-state index < -0.39 is 0 Å². The van der Waals surface area contributed by atoms with Gasteiger partial charge in [0.05, 0.1) is 6.54 Å². The van der Waals surface area contributed by atoms with Gasteiger partial charge in [-0.3, -0.25) is 4.90 Å². The molecule has 2 N–H and O–H groups in total. The average Bonchev–Trinajstić information content (AvgIpc) is 2.85. The predicted octanol–water partition coefficient (Wildman–Crippen LogP) is 2.51. The van der Waals surface area contributed by atoms with Crippen molar-refractivity contribution < 1.29 is 4.39 Å². The number of benzene rings is 1. The average molecular weight is 397 g/mol. The third-order valence-electron chi connectivity index (χ3n) is 3.42. The summed E-state index contributed by atoms with van der Waals surface area (Å²) in [6, 6.07) is 6.23. The van der Waals surface area contributed by atoms with Crippen LogP contribution in [0.3, 0.4) is 0 Å². The van der Waals surface area contributed by atoms with Gasteiger partial charge in [0.25, 0.3) is 0 Å². The van der Waals surface area contributed by atoms with Crippen LogP contribution in [0.2, 0.25) is 0 Å². The molecule has 2 heterocycles. The molecule has 0 radical (unpaired) electrons. The zero-order valence-corrected chi connectivity index (χ0v) is 16.2. The molecule has 3 rings (SSSR count). The van der Waals surface area contributed by atoms with Crippen LogP contribution in [0.5, 0.6) is 0 Å². The Morgan fingerprint density at radius 3 is 2.58 bits per heavy atom. The Morgan fingerprint density at radius 1 is 1.19 bits per heavy atom. The zero-order chi connectivity index (χ0) is 17.3. The van der Waals surface area contributed by atoms with E-state index in [1.54, 1.807) is 23.7 Å². The summed E-state index contributed by atoms with van der Waals surface area (Å²) in [5.41, 5.74) is 7.69. The lowest BCUT2D eigenvalue weighted by atomic mass is 10.2. The standard InChI is InChI=1S/C17H17FN6.2ClH/c1-23(2)9-5-8-13-20-15(19)14-17(21-13)24(3)16(22-14)11-6-4-7-12(18)10-11;;/h4,6-7,10H,9H2,1-3H3,(H2,19,20,21);2*1H. The molecule has 0 unspecified atom stereocenters. The van der Waals surface area contributed by atoms with Crippen molar-refractivity contribution in [1.29, 1.82) is 0 Å². The first-order valence-electron chi connectivity index (χ1n) is 7.35. The van der Waals surface area contributed by atoms with Crippen molar-refractivity contribution in [3.8, 4) is 23.2 Å². The number of anilines is 1. The van der Waals surface area contributed by atoms with E-state index >= 15 is 0 Å². The van der Waals surface area contributed by atoms with Crippen molar-refractivity contribution in [2.45, 2.75) is 0 Å². The van der Waals surface area contributed by atoms with Crippen LogP contribution in [-0.2, 0) is 7.05 Å². The van der Waals surface area contributed by atoms with Crippen LogP contribution in [-0.4, -0.2) is 45.1 Å². The quantitative estimate of drug-likeness (QED) is 0.673. The molecule has 0 aliphatic rings. The Labute approximate surface area is 163 Å². The summed E-state index contributed by atoms with van der Waals surface area (Å²) < 4.78 is 15.2. The van der Waals surface area contributed by atoms with E-state index in [4.69, 9.17) is 5.73 Å². The third-order valence-corrected chi connectivity index (χ3v) is 3.42. The predicted molar refractivity (Wildman–Crippen MR) is 106 cm³/mol. The Balaban J connectivity index is 0.00000169. The van der Waals surface area contributed by atoms with Gasteiger partial charge in [0.15, 0.2) is 17.0 Å². The van der Waals surface area contributed by atoms with E-state index in [1.165, 1.54) is 12.1 Å². The lowest BCUT2D eigenvalue weighted by molar-refractivity contribution is 0.464. The number of nitrogens with two attached hydrogens (primary N) is 1. The van der Waals surface area contributed by atoms with Crippen molar-refractivity contribution in [2.75, 3.05) is 26.4 Å². The lowest BCUT2D eigenvalue weighted by Crippen LogP contribution is -2.11. The number of nitrogens with zero attached hydrogens (tertiary/aromatic N) is 5. The summed E-state index contributed by atoms with van der Waals surface area (Å²) in [5.74, 6) is 6.72. The van der Waals surface area contributed by atoms with Crippen LogP contribution in [0.25, 0.3) is 22.6 Å². The summed E-state index contributed by atoms with van der Waals surface area (Å²) in [5, 5.41) is 0. The number of nitrogen functional groups attached to an aromatic ring is 1. The van der Waals surface area contributed by atoms with Crippen molar-refractivity contribution in [3.05, 3.63) is 35.9 Å². The van der Waals surface area contributed by atoms with Crippen LogP contribution in [0.4, 0.5) is 10.2 Å². The molecule has 6 nitrogen and oxygen atoms in total. The molecule has 26 heavy (non-hydrogen) atoms. The van der Waals surface area contributed by atoms with Crippen LogP contribution < -0.4 is 5.73 Å². The molecule has 0 saturated heterocycles. The maximum Gasteiger partial charge on any atom is 0.209 e. The van der Waals surface area contributed by atoms with Gasteiger partial charge < -0.3 is 10.3 Å². The minimum atomic E-state index is -0.325. The van der Waals surface area contributed by atoms with E-state index in [0.29, 0.717) is 34.9 Å². The van der Waals surface area contributed by atoms with Crippen LogP contribution in [0.1, 0.15) is 5.82 Å². The molecular weight excluding hydrogens is 378 g/mol. The van der Waals surface area contributed by atoms with E-state index in [0.717, 1.165) is 0 Å². The Bertz CT molecular complexity index is 975. The van der Waals surface area contributed by atoms with Crippen molar-refractivity contribution in [1.82, 2.24) is 24.4 Å². The number of rotatable bonds is 2. The first-order chi connectivity index (χ1) is 11.5. The van der Waals surface area contributed by atoms with Crippen molar-refractivity contribution in [3.63, 3.8) is 0 Å². The van der Waals surface area contributed by atoms with Gasteiger partial charge in [0.1, 0.15) is 11.6 Å². The first kappa shape index (κ1) is 21.6. The lowest BCUT2D eigenvalue weighted by Gasteiger charge is -2.02. The maximum absolute atomic E-state index is 13.5. The van der Waals surface area contributed by atoms with Gasteiger partial charge in [-0.1, -0.05) is 18.1 Å². The van der Waals surface area contributed by atoms with Gasteiger partial charge in [-0.2, -0.15) is 0 Å². The molecule has 0 fully saturated rings. The molecular formula is C17H19Cl2FN6. The number of aryl methyl sites for hydroxylation is 1. The first-order valence-corrected chi connectivity index (χ1v) is 7.35. The summed E-state index contributed by atoms with van der Waals surface area (Å²) in [6.45, 7) is 0.598. The van der Waals surface area contributed by atoms with Gasteiger partial charge >= 0.3 is 0 Å². The fraction of sp³-hybridized carbons (Fsp3) is 0.235. The third kappa shape index (κ3) is 4.41. The molecule has 0 amide bonds. The van der Waals surface area contributed by atoms with Gasteiger partial charge in [0.2, 0.25) is 5.82 Å². The highest BCUT2D eigenvalue weighted by molar-refractivity contribution is 5.86. The summed E-state index contributed by atoms with van der Waals surface area (Å²) in [4.78, 5) is 15.0. The monoisotopic (exact) mass is 396 g/mol. The molecule has 9 heteroatoms. The fourth-order valence-corrected chi connectivity index (χ4v) is 2.30. The van der Waals surface area contributed by atoms with Gasteiger partial charge in [-0.25, -0.2) is 19.3 Å². The Morgan fingerprint density at radius 2 is 1.92 bits per heavy atom. The van der Waals surface area contributed by atoms with E-state index in [9.17, 15) is 4.39 Å². The molecule has 2 aromatic heterocycles. The van der Waals surface area contributed by atoms with E-state index in [1.807, 2.05) is 19.0 Å². The van der Waals surface area contributed by atoms with E-state index in [-0.39, 0.29) is 36.4 Å². The number of hydrogen-bond donors (Lipinski definition) is 1. The second kappa shape index (κ2) is 8.81. The number of aromatic nitrogens is 4. The normalized spacial score (nSPS) is 10.0. The number of fused-ring (bicyclic) bond motifs is 1. The van der Waals surface area contributed by atoms with Crippen molar-refractivity contribution >= 4 is 41.8 Å². The number of hydrogen-bond acceptors (Lipinski definition) is 5. The van der Waals surface area contributed by atoms with Gasteiger partial charge in [-0.05, 0) is 32.1 Å².